The first-order chi connectivity index (χ1) is 9.69. The fraction of sp³-hybridized carbons (Fsp3) is 0.562. The molecule has 4 heteroatoms. The summed E-state index contributed by atoms with van der Waals surface area (Å²) >= 11 is 0. The third kappa shape index (κ3) is 4.23. The maximum Gasteiger partial charge on any atom is 0.224 e. The van der Waals surface area contributed by atoms with Crippen LogP contribution in [0.4, 0.5) is 5.69 Å². The molecule has 0 bridgehead atoms. The molecule has 0 aliphatic carbocycles. The van der Waals surface area contributed by atoms with Crippen molar-refractivity contribution in [3.8, 4) is 5.75 Å². The number of hydrogen-bond donors (Lipinski definition) is 2. The van der Waals surface area contributed by atoms with Gasteiger partial charge in [-0.15, -0.1) is 0 Å². The molecule has 0 spiro atoms. The number of rotatable bonds is 5. The minimum atomic E-state index is 0.0673. The third-order valence-electron chi connectivity index (χ3n) is 3.81. The molecule has 1 fully saturated rings. The van der Waals surface area contributed by atoms with Crippen molar-refractivity contribution < 1.29 is 9.53 Å². The number of benzene rings is 1. The van der Waals surface area contributed by atoms with Crippen molar-refractivity contribution in [1.29, 1.82) is 0 Å². The maximum absolute atomic E-state index is 12.0. The highest BCUT2D eigenvalue weighted by Gasteiger charge is 2.15. The second-order valence-corrected chi connectivity index (χ2v) is 5.50. The molecule has 2 rings (SSSR count). The zero-order valence-corrected chi connectivity index (χ0v) is 12.4. The van der Waals surface area contributed by atoms with Gasteiger partial charge in [-0.05, 0) is 62.9 Å². The topological polar surface area (TPSA) is 50.4 Å². The molecule has 0 saturated carbocycles. The first-order valence-corrected chi connectivity index (χ1v) is 7.34. The summed E-state index contributed by atoms with van der Waals surface area (Å²) in [7, 11) is 1.62. The van der Waals surface area contributed by atoms with Gasteiger partial charge in [-0.3, -0.25) is 4.79 Å². The Hall–Kier alpha value is -1.55. The summed E-state index contributed by atoms with van der Waals surface area (Å²) in [6, 6.07) is 5.80. The quantitative estimate of drug-likeness (QED) is 0.869. The summed E-state index contributed by atoms with van der Waals surface area (Å²) in [6.45, 7) is 4.16. The predicted octanol–water partition coefficient (Wildman–Crippen LogP) is 2.72. The molecule has 1 aliphatic heterocycles. The molecular weight excluding hydrogens is 252 g/mol. The number of amides is 1. The van der Waals surface area contributed by atoms with Gasteiger partial charge in [0.15, 0.2) is 0 Å². The van der Waals surface area contributed by atoms with E-state index in [1.165, 1.54) is 12.8 Å². The number of hydrogen-bond acceptors (Lipinski definition) is 3. The Kier molecular flexibility index (Phi) is 5.41. The summed E-state index contributed by atoms with van der Waals surface area (Å²) in [5.41, 5.74) is 1.87. The van der Waals surface area contributed by atoms with E-state index in [9.17, 15) is 4.79 Å². The standard InChI is InChI=1S/C16H24N2O2/c1-12-5-7-14(15(10-12)20-2)18-16(19)8-6-13-4-3-9-17-11-13/h5,7,10,13,17H,3-4,6,8-9,11H2,1-2H3,(H,18,19). The number of methoxy groups -OCH3 is 1. The molecule has 1 heterocycles. The number of aryl methyl sites for hydroxylation is 1. The number of carbonyl (C=O) groups excluding carboxylic acids is 1. The highest BCUT2D eigenvalue weighted by atomic mass is 16.5. The Balaban J connectivity index is 1.84. The van der Waals surface area contributed by atoms with E-state index in [2.05, 4.69) is 10.6 Å². The lowest BCUT2D eigenvalue weighted by Gasteiger charge is -2.22. The van der Waals surface area contributed by atoms with E-state index >= 15 is 0 Å². The van der Waals surface area contributed by atoms with Gasteiger partial charge in [0.2, 0.25) is 5.91 Å². The van der Waals surface area contributed by atoms with Crippen LogP contribution < -0.4 is 15.4 Å². The van der Waals surface area contributed by atoms with Crippen LogP contribution in [-0.2, 0) is 4.79 Å². The zero-order valence-electron chi connectivity index (χ0n) is 12.4. The van der Waals surface area contributed by atoms with Crippen LogP contribution in [0.2, 0.25) is 0 Å². The molecule has 0 aromatic heterocycles. The van der Waals surface area contributed by atoms with Crippen LogP contribution in [0.1, 0.15) is 31.2 Å². The minimum Gasteiger partial charge on any atom is -0.495 e. The first-order valence-electron chi connectivity index (χ1n) is 7.34. The Morgan fingerprint density at radius 3 is 3.05 bits per heavy atom. The van der Waals surface area contributed by atoms with Crippen LogP contribution in [0, 0.1) is 12.8 Å². The monoisotopic (exact) mass is 276 g/mol. The predicted molar refractivity (Wildman–Crippen MR) is 81.2 cm³/mol. The molecule has 1 aromatic carbocycles. The molecule has 1 saturated heterocycles. The van der Waals surface area contributed by atoms with E-state index in [0.717, 1.165) is 36.5 Å². The summed E-state index contributed by atoms with van der Waals surface area (Å²) in [5, 5.41) is 6.32. The summed E-state index contributed by atoms with van der Waals surface area (Å²) in [6.07, 6.45) is 3.97. The number of ether oxygens (including phenoxy) is 1. The van der Waals surface area contributed by atoms with Gasteiger partial charge in [-0.1, -0.05) is 6.07 Å². The van der Waals surface area contributed by atoms with Crippen LogP contribution in [0.15, 0.2) is 18.2 Å². The lowest BCUT2D eigenvalue weighted by molar-refractivity contribution is -0.116. The van der Waals surface area contributed by atoms with Gasteiger partial charge < -0.3 is 15.4 Å². The van der Waals surface area contributed by atoms with Crippen molar-refractivity contribution in [2.24, 2.45) is 5.92 Å². The van der Waals surface area contributed by atoms with Crippen LogP contribution >= 0.6 is 0 Å². The first kappa shape index (κ1) is 14.9. The lowest BCUT2D eigenvalue weighted by atomic mass is 9.94. The summed E-state index contributed by atoms with van der Waals surface area (Å²) in [4.78, 5) is 12.0. The smallest absolute Gasteiger partial charge is 0.224 e. The Morgan fingerprint density at radius 1 is 1.50 bits per heavy atom. The molecule has 4 nitrogen and oxygen atoms in total. The largest absolute Gasteiger partial charge is 0.495 e. The molecule has 20 heavy (non-hydrogen) atoms. The van der Waals surface area contributed by atoms with Gasteiger partial charge in [0.05, 0.1) is 12.8 Å². The number of anilines is 1. The van der Waals surface area contributed by atoms with E-state index in [1.54, 1.807) is 7.11 Å². The fourth-order valence-electron chi connectivity index (χ4n) is 2.62. The van der Waals surface area contributed by atoms with E-state index < -0.39 is 0 Å². The molecule has 0 radical (unpaired) electrons. The van der Waals surface area contributed by atoms with Crippen LogP contribution in [0.25, 0.3) is 0 Å². The van der Waals surface area contributed by atoms with Crippen LogP contribution in [-0.4, -0.2) is 26.1 Å². The van der Waals surface area contributed by atoms with Crippen LogP contribution in [0.3, 0.4) is 0 Å². The zero-order chi connectivity index (χ0) is 14.4. The van der Waals surface area contributed by atoms with E-state index in [4.69, 9.17) is 4.74 Å². The number of piperidine rings is 1. The molecule has 1 unspecified atom stereocenters. The highest BCUT2D eigenvalue weighted by molar-refractivity contribution is 5.92. The number of carbonyl (C=O) groups is 1. The number of nitrogens with one attached hydrogen (secondary N) is 2. The molecule has 110 valence electrons. The molecule has 2 N–H and O–H groups in total. The van der Waals surface area contributed by atoms with Crippen molar-refractivity contribution in [3.05, 3.63) is 23.8 Å². The molecule has 1 atom stereocenters. The van der Waals surface area contributed by atoms with E-state index in [1.807, 2.05) is 25.1 Å². The second-order valence-electron chi connectivity index (χ2n) is 5.50. The third-order valence-corrected chi connectivity index (χ3v) is 3.81. The summed E-state index contributed by atoms with van der Waals surface area (Å²) < 4.78 is 5.30. The van der Waals surface area contributed by atoms with Gasteiger partial charge in [0.1, 0.15) is 5.75 Å². The Labute approximate surface area is 120 Å². The molecule has 1 aliphatic rings. The minimum absolute atomic E-state index is 0.0673. The Bertz CT molecular complexity index is 454. The van der Waals surface area contributed by atoms with Crippen molar-refractivity contribution in [2.45, 2.75) is 32.6 Å². The van der Waals surface area contributed by atoms with Crippen molar-refractivity contribution in [3.63, 3.8) is 0 Å². The average molecular weight is 276 g/mol. The lowest BCUT2D eigenvalue weighted by Crippen LogP contribution is -2.30. The van der Waals surface area contributed by atoms with Gasteiger partial charge in [0, 0.05) is 6.42 Å². The molecule has 1 aromatic rings. The van der Waals surface area contributed by atoms with Gasteiger partial charge in [-0.25, -0.2) is 0 Å². The van der Waals surface area contributed by atoms with Crippen molar-refractivity contribution in [1.82, 2.24) is 5.32 Å². The van der Waals surface area contributed by atoms with Crippen molar-refractivity contribution in [2.75, 3.05) is 25.5 Å². The molecular formula is C16H24N2O2. The Morgan fingerprint density at radius 2 is 2.35 bits per heavy atom. The highest BCUT2D eigenvalue weighted by Crippen LogP contribution is 2.25. The van der Waals surface area contributed by atoms with E-state index in [-0.39, 0.29) is 5.91 Å². The second kappa shape index (κ2) is 7.29. The molecule has 1 amide bonds. The van der Waals surface area contributed by atoms with Gasteiger partial charge >= 0.3 is 0 Å². The van der Waals surface area contributed by atoms with Crippen molar-refractivity contribution >= 4 is 11.6 Å². The van der Waals surface area contributed by atoms with Gasteiger partial charge in [-0.2, -0.15) is 0 Å². The van der Waals surface area contributed by atoms with Crippen LogP contribution in [0.5, 0.6) is 5.75 Å². The van der Waals surface area contributed by atoms with Gasteiger partial charge in [0.25, 0.3) is 0 Å². The SMILES string of the molecule is COc1cc(C)ccc1NC(=O)CCC1CCCNC1. The average Bonchev–Trinajstić information content (AvgIpc) is 2.48. The fourth-order valence-corrected chi connectivity index (χ4v) is 2.62. The normalized spacial score (nSPS) is 18.6. The summed E-state index contributed by atoms with van der Waals surface area (Å²) in [5.74, 6) is 1.42. The van der Waals surface area contributed by atoms with E-state index in [0.29, 0.717) is 12.3 Å². The maximum atomic E-state index is 12.0.